The van der Waals surface area contributed by atoms with Gasteiger partial charge in [0.2, 0.25) is 0 Å². The molecule has 0 saturated heterocycles. The molecule has 0 aliphatic rings. The standard InChI is InChI=1S/C20H13B/c21-20-18-9-5-4-8-16(18)12-17-11-10-15(13-19(17)20)14-6-2-1-3-7-14/h1-13H. The molecule has 1 heteroatoms. The first-order chi connectivity index (χ1) is 10.3. The van der Waals surface area contributed by atoms with E-state index in [0.717, 1.165) is 16.2 Å². The van der Waals surface area contributed by atoms with Crippen molar-refractivity contribution in [1.29, 1.82) is 0 Å². The number of benzene rings is 4. The largest absolute Gasteiger partial charge is 0.115 e. The summed E-state index contributed by atoms with van der Waals surface area (Å²) < 4.78 is 0. The Morgan fingerprint density at radius 3 is 2.10 bits per heavy atom. The molecular weight excluding hydrogens is 251 g/mol. The summed E-state index contributed by atoms with van der Waals surface area (Å²) in [6.45, 7) is 0. The van der Waals surface area contributed by atoms with Crippen LogP contribution in [0, 0.1) is 0 Å². The molecule has 0 aliphatic carbocycles. The second-order valence-electron chi connectivity index (χ2n) is 5.31. The van der Waals surface area contributed by atoms with Gasteiger partial charge in [0.15, 0.2) is 0 Å². The van der Waals surface area contributed by atoms with Crippen molar-refractivity contribution in [2.24, 2.45) is 0 Å². The van der Waals surface area contributed by atoms with E-state index in [-0.39, 0.29) is 0 Å². The van der Waals surface area contributed by atoms with Crippen molar-refractivity contribution in [3.05, 3.63) is 78.9 Å². The lowest BCUT2D eigenvalue weighted by molar-refractivity contribution is 1.65. The maximum Gasteiger partial charge on any atom is 0.115 e. The Balaban J connectivity index is 2.03. The molecule has 0 spiro atoms. The Morgan fingerprint density at radius 1 is 0.524 bits per heavy atom. The third kappa shape index (κ3) is 2.02. The van der Waals surface area contributed by atoms with Crippen LogP contribution in [-0.2, 0) is 0 Å². The van der Waals surface area contributed by atoms with Gasteiger partial charge in [-0.15, -0.1) is 0 Å². The Morgan fingerprint density at radius 2 is 1.24 bits per heavy atom. The summed E-state index contributed by atoms with van der Waals surface area (Å²) >= 11 is 0. The number of rotatable bonds is 1. The van der Waals surface area contributed by atoms with E-state index in [2.05, 4.69) is 60.7 Å². The van der Waals surface area contributed by atoms with Crippen LogP contribution in [0.4, 0.5) is 0 Å². The lowest BCUT2D eigenvalue weighted by Crippen LogP contribution is -2.05. The molecule has 0 aliphatic heterocycles. The summed E-state index contributed by atoms with van der Waals surface area (Å²) in [7, 11) is 6.40. The Bertz CT molecular complexity index is 940. The molecule has 96 valence electrons. The summed E-state index contributed by atoms with van der Waals surface area (Å²) in [5.41, 5.74) is 3.28. The van der Waals surface area contributed by atoms with Crippen LogP contribution in [0.25, 0.3) is 32.7 Å². The molecule has 0 nitrogen and oxygen atoms in total. The molecule has 0 saturated carbocycles. The van der Waals surface area contributed by atoms with Gasteiger partial charge in [0.25, 0.3) is 0 Å². The van der Waals surface area contributed by atoms with Crippen LogP contribution in [0.5, 0.6) is 0 Å². The van der Waals surface area contributed by atoms with Crippen LogP contribution >= 0.6 is 0 Å². The van der Waals surface area contributed by atoms with Gasteiger partial charge in [-0.25, -0.2) is 0 Å². The molecule has 0 N–H and O–H groups in total. The smallest absolute Gasteiger partial charge is 0.0813 e. The zero-order chi connectivity index (χ0) is 14.2. The van der Waals surface area contributed by atoms with Gasteiger partial charge in [0, 0.05) is 0 Å². The first-order valence-electron chi connectivity index (χ1n) is 7.09. The third-order valence-electron chi connectivity index (χ3n) is 4.01. The predicted molar refractivity (Wildman–Crippen MR) is 92.3 cm³/mol. The third-order valence-corrected chi connectivity index (χ3v) is 4.01. The number of fused-ring (bicyclic) bond motifs is 2. The van der Waals surface area contributed by atoms with Crippen LogP contribution in [0.15, 0.2) is 78.9 Å². The average molecular weight is 264 g/mol. The molecule has 0 aromatic heterocycles. The number of hydrogen-bond acceptors (Lipinski definition) is 0. The van der Waals surface area contributed by atoms with Crippen LogP contribution < -0.4 is 5.46 Å². The average Bonchev–Trinajstić information content (AvgIpc) is 2.56. The van der Waals surface area contributed by atoms with E-state index in [4.69, 9.17) is 7.85 Å². The quantitative estimate of drug-likeness (QED) is 0.352. The minimum atomic E-state index is 0.862. The van der Waals surface area contributed by atoms with Gasteiger partial charge >= 0.3 is 0 Å². The summed E-state index contributed by atoms with van der Waals surface area (Å²) in [5, 5.41) is 4.62. The highest BCUT2D eigenvalue weighted by Gasteiger charge is 2.05. The highest BCUT2D eigenvalue weighted by atomic mass is 14.1. The van der Waals surface area contributed by atoms with Crippen molar-refractivity contribution in [2.75, 3.05) is 0 Å². The SMILES string of the molecule is [B]c1c2ccccc2cc2ccc(-c3ccccc3)cc12. The Hall–Kier alpha value is -2.54. The minimum absolute atomic E-state index is 0.862. The summed E-state index contributed by atoms with van der Waals surface area (Å²) in [6.07, 6.45) is 0. The van der Waals surface area contributed by atoms with Gasteiger partial charge in [-0.2, -0.15) is 0 Å². The molecule has 4 aromatic carbocycles. The fraction of sp³-hybridized carbons (Fsp3) is 0. The van der Waals surface area contributed by atoms with E-state index in [0.29, 0.717) is 0 Å². The van der Waals surface area contributed by atoms with Crippen molar-refractivity contribution >= 4 is 34.9 Å². The summed E-state index contributed by atoms with van der Waals surface area (Å²) in [6, 6.07) is 27.4. The summed E-state index contributed by atoms with van der Waals surface area (Å²) in [5.74, 6) is 0. The lowest BCUT2D eigenvalue weighted by atomic mass is 9.84. The Kier molecular flexibility index (Phi) is 2.78. The highest BCUT2D eigenvalue weighted by Crippen LogP contribution is 2.26. The first kappa shape index (κ1) is 12.2. The second-order valence-corrected chi connectivity index (χ2v) is 5.31. The summed E-state index contributed by atoms with van der Waals surface area (Å²) in [4.78, 5) is 0. The van der Waals surface area contributed by atoms with Crippen molar-refractivity contribution in [2.45, 2.75) is 0 Å². The van der Waals surface area contributed by atoms with Crippen LogP contribution in [0.2, 0.25) is 0 Å². The maximum atomic E-state index is 6.40. The van der Waals surface area contributed by atoms with Crippen LogP contribution in [0.3, 0.4) is 0 Å². The van der Waals surface area contributed by atoms with E-state index in [1.807, 2.05) is 18.2 Å². The minimum Gasteiger partial charge on any atom is -0.0813 e. The van der Waals surface area contributed by atoms with Crippen molar-refractivity contribution in [3.63, 3.8) is 0 Å². The van der Waals surface area contributed by atoms with Crippen LogP contribution in [-0.4, -0.2) is 7.85 Å². The van der Waals surface area contributed by atoms with E-state index < -0.39 is 0 Å². The molecule has 4 aromatic rings. The first-order valence-corrected chi connectivity index (χ1v) is 7.09. The second kappa shape index (κ2) is 4.78. The zero-order valence-electron chi connectivity index (χ0n) is 11.6. The van der Waals surface area contributed by atoms with E-state index in [1.165, 1.54) is 21.9 Å². The van der Waals surface area contributed by atoms with Gasteiger partial charge in [0.1, 0.15) is 7.85 Å². The molecule has 0 unspecified atom stereocenters. The normalized spacial score (nSPS) is 11.0. The van der Waals surface area contributed by atoms with Crippen molar-refractivity contribution in [1.82, 2.24) is 0 Å². The molecule has 0 atom stereocenters. The number of hydrogen-bond donors (Lipinski definition) is 0. The van der Waals surface area contributed by atoms with Crippen LogP contribution in [0.1, 0.15) is 0 Å². The molecule has 2 radical (unpaired) electrons. The van der Waals surface area contributed by atoms with E-state index >= 15 is 0 Å². The van der Waals surface area contributed by atoms with Gasteiger partial charge in [-0.05, 0) is 44.8 Å². The fourth-order valence-corrected chi connectivity index (χ4v) is 2.91. The molecule has 4 rings (SSSR count). The molecular formula is C20H13B. The monoisotopic (exact) mass is 264 g/mol. The fourth-order valence-electron chi connectivity index (χ4n) is 2.91. The molecule has 0 heterocycles. The predicted octanol–water partition coefficient (Wildman–Crippen LogP) is 4.45. The topological polar surface area (TPSA) is 0 Å². The highest BCUT2D eigenvalue weighted by molar-refractivity contribution is 6.45. The molecule has 0 fully saturated rings. The zero-order valence-corrected chi connectivity index (χ0v) is 11.6. The van der Waals surface area contributed by atoms with E-state index in [9.17, 15) is 0 Å². The lowest BCUT2D eigenvalue weighted by Gasteiger charge is -2.10. The maximum absolute atomic E-state index is 6.40. The molecule has 0 bridgehead atoms. The van der Waals surface area contributed by atoms with Gasteiger partial charge in [-0.1, -0.05) is 72.2 Å². The van der Waals surface area contributed by atoms with E-state index in [1.54, 1.807) is 0 Å². The van der Waals surface area contributed by atoms with Gasteiger partial charge < -0.3 is 0 Å². The Labute approximate surface area is 125 Å². The van der Waals surface area contributed by atoms with Crippen molar-refractivity contribution < 1.29 is 0 Å². The van der Waals surface area contributed by atoms with Crippen molar-refractivity contribution in [3.8, 4) is 11.1 Å². The van der Waals surface area contributed by atoms with Gasteiger partial charge in [0.05, 0.1) is 0 Å². The molecule has 0 amide bonds. The molecule has 21 heavy (non-hydrogen) atoms. The van der Waals surface area contributed by atoms with Gasteiger partial charge in [-0.3, -0.25) is 0 Å².